The maximum atomic E-state index is 5.79. The lowest BCUT2D eigenvalue weighted by Crippen LogP contribution is -2.05. The predicted molar refractivity (Wildman–Crippen MR) is 79.4 cm³/mol. The molecule has 3 aromatic rings. The molecule has 0 radical (unpaired) electrons. The Hall–Kier alpha value is -3.08. The van der Waals surface area contributed by atoms with Gasteiger partial charge in [0.15, 0.2) is 17.2 Å². The largest absolute Gasteiger partial charge is 0.487 e. The second-order valence-electron chi connectivity index (χ2n) is 4.76. The second kappa shape index (κ2) is 5.37. The minimum Gasteiger partial charge on any atom is -0.487 e. The van der Waals surface area contributed by atoms with Gasteiger partial charge in [0.1, 0.15) is 18.1 Å². The zero-order valence-corrected chi connectivity index (χ0v) is 11.6. The molecular formula is C17H12N2O3. The molecule has 2 heterocycles. The Kier molecular flexibility index (Phi) is 3.08. The first-order valence-electron chi connectivity index (χ1n) is 6.88. The highest BCUT2D eigenvalue weighted by Crippen LogP contribution is 2.43. The molecule has 1 aliphatic heterocycles. The molecule has 0 aliphatic carbocycles. The summed E-state index contributed by atoms with van der Waals surface area (Å²) in [5.41, 5.74) is 0.672. The first kappa shape index (κ1) is 12.6. The average Bonchev–Trinajstić information content (AvgIpc) is 2.59. The fraction of sp³-hybridized carbons (Fsp3) is 0.0588. The molecular weight excluding hydrogens is 280 g/mol. The van der Waals surface area contributed by atoms with Crippen molar-refractivity contribution in [2.24, 2.45) is 0 Å². The summed E-state index contributed by atoms with van der Waals surface area (Å²) in [4.78, 5) is 0. The molecule has 0 amide bonds. The lowest BCUT2D eigenvalue weighted by Gasteiger charge is -2.19. The number of fused-ring (bicyclic) bond motifs is 2. The van der Waals surface area contributed by atoms with Gasteiger partial charge in [0.25, 0.3) is 5.88 Å². The monoisotopic (exact) mass is 292 g/mol. The molecule has 0 bridgehead atoms. The number of benzene rings is 2. The van der Waals surface area contributed by atoms with Gasteiger partial charge in [-0.2, -0.15) is 0 Å². The Labute approximate surface area is 127 Å². The Bertz CT molecular complexity index is 806. The van der Waals surface area contributed by atoms with E-state index in [9.17, 15) is 0 Å². The SMILES string of the molecule is c1ccc(OCc2cc3c(nn2)Oc2ccccc2O3)cc1. The molecule has 5 heteroatoms. The first-order chi connectivity index (χ1) is 10.9. The molecule has 108 valence electrons. The van der Waals surface area contributed by atoms with Crippen molar-refractivity contribution < 1.29 is 14.2 Å². The van der Waals surface area contributed by atoms with Crippen LogP contribution in [0, 0.1) is 0 Å². The molecule has 2 aromatic carbocycles. The van der Waals surface area contributed by atoms with E-state index in [1.165, 1.54) is 0 Å². The number of ether oxygens (including phenoxy) is 3. The lowest BCUT2D eigenvalue weighted by atomic mass is 10.3. The Morgan fingerprint density at radius 3 is 2.32 bits per heavy atom. The predicted octanol–water partition coefficient (Wildman–Crippen LogP) is 3.95. The van der Waals surface area contributed by atoms with Gasteiger partial charge in [-0.15, -0.1) is 10.2 Å². The summed E-state index contributed by atoms with van der Waals surface area (Å²) in [6.45, 7) is 0.315. The maximum Gasteiger partial charge on any atom is 0.282 e. The molecule has 0 unspecified atom stereocenters. The van der Waals surface area contributed by atoms with E-state index < -0.39 is 0 Å². The van der Waals surface area contributed by atoms with Crippen LogP contribution in [0.1, 0.15) is 5.69 Å². The van der Waals surface area contributed by atoms with E-state index in [2.05, 4.69) is 10.2 Å². The Morgan fingerprint density at radius 1 is 0.773 bits per heavy atom. The van der Waals surface area contributed by atoms with Crippen molar-refractivity contribution in [2.45, 2.75) is 6.61 Å². The Balaban J connectivity index is 1.53. The molecule has 5 nitrogen and oxygen atoms in total. The quantitative estimate of drug-likeness (QED) is 0.572. The molecule has 0 atom stereocenters. The van der Waals surface area contributed by atoms with E-state index in [1.807, 2.05) is 54.6 Å². The highest BCUT2D eigenvalue weighted by atomic mass is 16.6. The van der Waals surface area contributed by atoms with Crippen LogP contribution in [0.25, 0.3) is 0 Å². The lowest BCUT2D eigenvalue weighted by molar-refractivity contribution is 0.294. The minimum absolute atomic E-state index is 0.315. The van der Waals surface area contributed by atoms with Gasteiger partial charge in [0.05, 0.1) is 0 Å². The zero-order valence-electron chi connectivity index (χ0n) is 11.6. The molecule has 1 aliphatic rings. The van der Waals surface area contributed by atoms with Crippen LogP contribution in [-0.4, -0.2) is 10.2 Å². The van der Waals surface area contributed by atoms with E-state index in [4.69, 9.17) is 14.2 Å². The zero-order chi connectivity index (χ0) is 14.8. The van der Waals surface area contributed by atoms with Gasteiger partial charge < -0.3 is 14.2 Å². The van der Waals surface area contributed by atoms with E-state index in [0.29, 0.717) is 35.4 Å². The number of hydrogen-bond acceptors (Lipinski definition) is 5. The summed E-state index contributed by atoms with van der Waals surface area (Å²) in [6, 6.07) is 18.8. The van der Waals surface area contributed by atoms with Gasteiger partial charge >= 0.3 is 0 Å². The van der Waals surface area contributed by atoms with Crippen LogP contribution in [0.2, 0.25) is 0 Å². The summed E-state index contributed by atoms with van der Waals surface area (Å²) in [5.74, 6) is 2.99. The van der Waals surface area contributed by atoms with Crippen LogP contribution in [0.5, 0.6) is 28.9 Å². The van der Waals surface area contributed by atoms with Crippen LogP contribution < -0.4 is 14.2 Å². The smallest absolute Gasteiger partial charge is 0.282 e. The van der Waals surface area contributed by atoms with Crippen molar-refractivity contribution in [3.63, 3.8) is 0 Å². The number of aromatic nitrogens is 2. The van der Waals surface area contributed by atoms with Crippen molar-refractivity contribution in [3.05, 3.63) is 66.4 Å². The number of nitrogens with zero attached hydrogens (tertiary/aromatic N) is 2. The topological polar surface area (TPSA) is 53.5 Å². The molecule has 0 saturated carbocycles. The summed E-state index contributed by atoms with van der Waals surface area (Å²) in [7, 11) is 0. The third kappa shape index (κ3) is 2.44. The van der Waals surface area contributed by atoms with Crippen LogP contribution in [0.3, 0.4) is 0 Å². The van der Waals surface area contributed by atoms with Gasteiger partial charge in [-0.1, -0.05) is 30.3 Å². The van der Waals surface area contributed by atoms with Gasteiger partial charge in [0.2, 0.25) is 0 Å². The molecule has 4 rings (SSSR count). The van der Waals surface area contributed by atoms with E-state index >= 15 is 0 Å². The van der Waals surface area contributed by atoms with E-state index in [-0.39, 0.29) is 0 Å². The van der Waals surface area contributed by atoms with Crippen molar-refractivity contribution >= 4 is 0 Å². The van der Waals surface area contributed by atoms with Crippen molar-refractivity contribution in [2.75, 3.05) is 0 Å². The highest BCUT2D eigenvalue weighted by Gasteiger charge is 2.20. The molecule has 0 spiro atoms. The van der Waals surface area contributed by atoms with Gasteiger partial charge in [-0.25, -0.2) is 0 Å². The number of hydrogen-bond donors (Lipinski definition) is 0. The third-order valence-corrected chi connectivity index (χ3v) is 3.18. The fourth-order valence-electron chi connectivity index (χ4n) is 2.13. The standard InChI is InChI=1S/C17H12N2O3/c1-2-6-13(7-3-1)20-11-12-10-16-17(19-18-12)22-15-9-5-4-8-14(15)21-16/h1-10H,11H2. The summed E-state index contributed by atoms with van der Waals surface area (Å²) >= 11 is 0. The number of para-hydroxylation sites is 3. The third-order valence-electron chi connectivity index (χ3n) is 3.18. The maximum absolute atomic E-state index is 5.79. The Morgan fingerprint density at radius 2 is 1.50 bits per heavy atom. The van der Waals surface area contributed by atoms with E-state index in [1.54, 1.807) is 6.07 Å². The van der Waals surface area contributed by atoms with Crippen LogP contribution in [-0.2, 0) is 6.61 Å². The van der Waals surface area contributed by atoms with Crippen LogP contribution >= 0.6 is 0 Å². The van der Waals surface area contributed by atoms with Crippen molar-refractivity contribution in [1.82, 2.24) is 10.2 Å². The van der Waals surface area contributed by atoms with Gasteiger partial charge in [-0.3, -0.25) is 0 Å². The number of rotatable bonds is 3. The summed E-state index contributed by atoms with van der Waals surface area (Å²) in [6.07, 6.45) is 0. The fourth-order valence-corrected chi connectivity index (χ4v) is 2.13. The van der Waals surface area contributed by atoms with Crippen molar-refractivity contribution in [1.29, 1.82) is 0 Å². The molecule has 22 heavy (non-hydrogen) atoms. The minimum atomic E-state index is 0.315. The molecule has 0 fully saturated rings. The van der Waals surface area contributed by atoms with Gasteiger partial charge in [0, 0.05) is 6.07 Å². The van der Waals surface area contributed by atoms with Crippen molar-refractivity contribution in [3.8, 4) is 28.9 Å². The second-order valence-corrected chi connectivity index (χ2v) is 4.76. The van der Waals surface area contributed by atoms with Gasteiger partial charge in [-0.05, 0) is 24.3 Å². The van der Waals surface area contributed by atoms with E-state index in [0.717, 1.165) is 5.75 Å². The molecule has 1 aromatic heterocycles. The molecule has 0 saturated heterocycles. The summed E-state index contributed by atoms with van der Waals surface area (Å²) in [5, 5.41) is 8.15. The molecule has 0 N–H and O–H groups in total. The van der Waals surface area contributed by atoms with Crippen LogP contribution in [0.15, 0.2) is 60.7 Å². The average molecular weight is 292 g/mol. The highest BCUT2D eigenvalue weighted by molar-refractivity contribution is 5.51. The normalized spacial score (nSPS) is 11.6. The van der Waals surface area contributed by atoms with Crippen LogP contribution in [0.4, 0.5) is 0 Å². The summed E-state index contributed by atoms with van der Waals surface area (Å²) < 4.78 is 17.1. The first-order valence-corrected chi connectivity index (χ1v) is 6.88.